The van der Waals surface area contributed by atoms with Gasteiger partial charge < -0.3 is 10.2 Å². The Bertz CT molecular complexity index is 558. The first-order valence-corrected chi connectivity index (χ1v) is 8.41. The molecule has 4 aliphatic rings. The zero-order valence-corrected chi connectivity index (χ0v) is 13.0. The molecule has 4 aliphatic carbocycles. The molecule has 0 aromatic heterocycles. The number of aliphatic hydroxyl groups is 2. The third-order valence-corrected chi connectivity index (χ3v) is 7.00. The van der Waals surface area contributed by atoms with E-state index in [9.17, 15) is 10.2 Å². The Labute approximate surface area is 127 Å². The van der Waals surface area contributed by atoms with Crippen molar-refractivity contribution < 1.29 is 10.2 Å². The molecule has 4 rings (SSSR count). The minimum Gasteiger partial charge on any atom is -0.389 e. The summed E-state index contributed by atoms with van der Waals surface area (Å²) in [5, 5.41) is 20.3. The Kier molecular flexibility index (Phi) is 2.84. The van der Waals surface area contributed by atoms with Crippen LogP contribution in [-0.2, 0) is 0 Å². The van der Waals surface area contributed by atoms with E-state index in [-0.39, 0.29) is 23.0 Å². The van der Waals surface area contributed by atoms with Crippen LogP contribution in [0.2, 0.25) is 0 Å². The highest BCUT2D eigenvalue weighted by Crippen LogP contribution is 2.60. The van der Waals surface area contributed by atoms with Crippen LogP contribution >= 0.6 is 0 Å². The highest BCUT2D eigenvalue weighted by molar-refractivity contribution is 5.41. The smallest absolute Gasteiger partial charge is 0.0783 e. The first kappa shape index (κ1) is 13.8. The maximum absolute atomic E-state index is 10.3. The predicted octanol–water partition coefficient (Wildman–Crippen LogP) is 3.37. The Hall–Kier alpha value is -0.860. The molecule has 0 aliphatic heterocycles. The standard InChI is InChI=1S/C19H26O2/c1-18-9-7-13(20)11-12(18)3-4-14-15-5-6-17(21)19(15,2)10-8-16(14)18/h5-7,9,12-13,15,17,20-21H,3-4,8,10-11H2,1-2H3/t12-,13+,15+,17+,18+,19+/m1/s1. The Morgan fingerprint density at radius 2 is 1.90 bits per heavy atom. The number of aliphatic hydroxyl groups excluding tert-OH is 2. The summed E-state index contributed by atoms with van der Waals surface area (Å²) in [6.07, 6.45) is 13.4. The summed E-state index contributed by atoms with van der Waals surface area (Å²) in [5.41, 5.74) is 3.36. The summed E-state index contributed by atoms with van der Waals surface area (Å²) in [4.78, 5) is 0. The maximum Gasteiger partial charge on any atom is 0.0783 e. The molecule has 2 heteroatoms. The molecule has 0 saturated carbocycles. The van der Waals surface area contributed by atoms with Crippen LogP contribution in [0.15, 0.2) is 35.5 Å². The van der Waals surface area contributed by atoms with Crippen LogP contribution < -0.4 is 0 Å². The van der Waals surface area contributed by atoms with Crippen LogP contribution in [0.4, 0.5) is 0 Å². The van der Waals surface area contributed by atoms with E-state index in [4.69, 9.17) is 0 Å². The minimum absolute atomic E-state index is 0.0138. The van der Waals surface area contributed by atoms with Crippen molar-refractivity contribution in [3.8, 4) is 0 Å². The van der Waals surface area contributed by atoms with Gasteiger partial charge in [-0.3, -0.25) is 0 Å². The van der Waals surface area contributed by atoms with Gasteiger partial charge in [-0.05, 0) is 38.0 Å². The first-order valence-electron chi connectivity index (χ1n) is 8.41. The van der Waals surface area contributed by atoms with Crippen molar-refractivity contribution in [3.63, 3.8) is 0 Å². The van der Waals surface area contributed by atoms with Gasteiger partial charge in [0.2, 0.25) is 0 Å². The Morgan fingerprint density at radius 3 is 2.71 bits per heavy atom. The van der Waals surface area contributed by atoms with Crippen molar-refractivity contribution in [2.24, 2.45) is 22.7 Å². The van der Waals surface area contributed by atoms with Crippen LogP contribution in [0.3, 0.4) is 0 Å². The molecule has 0 aromatic rings. The molecule has 0 aromatic carbocycles. The van der Waals surface area contributed by atoms with Crippen molar-refractivity contribution in [3.05, 3.63) is 35.5 Å². The lowest BCUT2D eigenvalue weighted by Gasteiger charge is -2.52. The van der Waals surface area contributed by atoms with Crippen molar-refractivity contribution in [2.75, 3.05) is 0 Å². The SMILES string of the molecule is C[C@]12CCC3=C(CC[C@@H]4C[C@@H](O)C=C[C@]34C)[C@@H]1C=C[C@@H]2O. The largest absolute Gasteiger partial charge is 0.389 e. The molecular weight excluding hydrogens is 260 g/mol. The van der Waals surface area contributed by atoms with E-state index in [0.717, 1.165) is 25.7 Å². The quantitative estimate of drug-likeness (QED) is 0.670. The highest BCUT2D eigenvalue weighted by Gasteiger charge is 2.52. The molecule has 6 atom stereocenters. The van der Waals surface area contributed by atoms with Gasteiger partial charge in [0.05, 0.1) is 12.2 Å². The highest BCUT2D eigenvalue weighted by atomic mass is 16.3. The van der Waals surface area contributed by atoms with Crippen molar-refractivity contribution in [1.29, 1.82) is 0 Å². The van der Waals surface area contributed by atoms with E-state index in [2.05, 4.69) is 26.0 Å². The summed E-state index contributed by atoms with van der Waals surface area (Å²) in [6.45, 7) is 4.62. The fourth-order valence-electron chi connectivity index (χ4n) is 5.48. The summed E-state index contributed by atoms with van der Waals surface area (Å²) >= 11 is 0. The Morgan fingerprint density at radius 1 is 1.10 bits per heavy atom. The van der Waals surface area contributed by atoms with Crippen LogP contribution in [-0.4, -0.2) is 22.4 Å². The van der Waals surface area contributed by atoms with Crippen LogP contribution in [0, 0.1) is 22.7 Å². The normalized spacial score (nSPS) is 51.6. The van der Waals surface area contributed by atoms with E-state index in [1.807, 2.05) is 12.2 Å². The first-order chi connectivity index (χ1) is 9.95. The maximum atomic E-state index is 10.3. The topological polar surface area (TPSA) is 40.5 Å². The van der Waals surface area contributed by atoms with Crippen LogP contribution in [0.1, 0.15) is 46.0 Å². The van der Waals surface area contributed by atoms with E-state index >= 15 is 0 Å². The van der Waals surface area contributed by atoms with E-state index < -0.39 is 0 Å². The number of hydrogen-bond donors (Lipinski definition) is 2. The number of allylic oxidation sites excluding steroid dienone is 4. The van der Waals surface area contributed by atoms with E-state index in [0.29, 0.717) is 11.8 Å². The lowest BCUT2D eigenvalue weighted by Crippen LogP contribution is -2.44. The van der Waals surface area contributed by atoms with Gasteiger partial charge in [0.1, 0.15) is 0 Å². The van der Waals surface area contributed by atoms with Gasteiger partial charge in [-0.1, -0.05) is 49.3 Å². The Balaban J connectivity index is 1.80. The van der Waals surface area contributed by atoms with Gasteiger partial charge in [0.15, 0.2) is 0 Å². The van der Waals surface area contributed by atoms with E-state index in [1.165, 1.54) is 6.42 Å². The fourth-order valence-corrected chi connectivity index (χ4v) is 5.48. The number of hydrogen-bond acceptors (Lipinski definition) is 2. The summed E-state index contributed by atoms with van der Waals surface area (Å²) in [5.74, 6) is 1.00. The van der Waals surface area contributed by atoms with Crippen LogP contribution in [0.25, 0.3) is 0 Å². The summed E-state index contributed by atoms with van der Waals surface area (Å²) in [7, 11) is 0. The molecule has 0 unspecified atom stereocenters. The monoisotopic (exact) mass is 286 g/mol. The van der Waals surface area contributed by atoms with Crippen LogP contribution in [0.5, 0.6) is 0 Å². The minimum atomic E-state index is -0.286. The molecule has 21 heavy (non-hydrogen) atoms. The molecule has 2 nitrogen and oxygen atoms in total. The lowest BCUT2D eigenvalue weighted by molar-refractivity contribution is 0.0416. The average molecular weight is 286 g/mol. The molecule has 0 heterocycles. The zero-order valence-electron chi connectivity index (χ0n) is 13.0. The third kappa shape index (κ3) is 1.72. The van der Waals surface area contributed by atoms with Crippen molar-refractivity contribution in [2.45, 2.75) is 58.2 Å². The second-order valence-electron chi connectivity index (χ2n) is 8.00. The zero-order chi connectivity index (χ0) is 14.8. The van der Waals surface area contributed by atoms with Crippen molar-refractivity contribution in [1.82, 2.24) is 0 Å². The second-order valence-corrected chi connectivity index (χ2v) is 8.00. The average Bonchev–Trinajstić information content (AvgIpc) is 2.76. The second kappa shape index (κ2) is 4.33. The number of fused-ring (bicyclic) bond motifs is 4. The molecule has 0 spiro atoms. The predicted molar refractivity (Wildman–Crippen MR) is 83.6 cm³/mol. The summed E-state index contributed by atoms with van der Waals surface area (Å²) in [6, 6.07) is 0. The van der Waals surface area contributed by atoms with Crippen molar-refractivity contribution >= 4 is 0 Å². The molecule has 0 radical (unpaired) electrons. The molecular formula is C19H26O2. The molecule has 2 N–H and O–H groups in total. The van der Waals surface area contributed by atoms with E-state index in [1.54, 1.807) is 11.1 Å². The lowest BCUT2D eigenvalue weighted by atomic mass is 9.53. The van der Waals surface area contributed by atoms with Gasteiger partial charge in [-0.15, -0.1) is 0 Å². The molecule has 0 saturated heterocycles. The van der Waals surface area contributed by atoms with Gasteiger partial charge in [0, 0.05) is 16.7 Å². The molecule has 114 valence electrons. The molecule has 0 fully saturated rings. The van der Waals surface area contributed by atoms with Gasteiger partial charge >= 0.3 is 0 Å². The van der Waals surface area contributed by atoms with Gasteiger partial charge in [-0.2, -0.15) is 0 Å². The van der Waals surface area contributed by atoms with Gasteiger partial charge in [-0.25, -0.2) is 0 Å². The third-order valence-electron chi connectivity index (χ3n) is 7.00. The number of rotatable bonds is 0. The molecule has 0 bridgehead atoms. The molecule has 0 amide bonds. The summed E-state index contributed by atoms with van der Waals surface area (Å²) < 4.78 is 0. The van der Waals surface area contributed by atoms with Gasteiger partial charge in [0.25, 0.3) is 0 Å². The fraction of sp³-hybridized carbons (Fsp3) is 0.684.